The Hall–Kier alpha value is -2.01. The number of carbonyl (C=O) groups is 1. The van der Waals surface area contributed by atoms with Crippen LogP contribution in [-0.4, -0.2) is 23.4 Å². The summed E-state index contributed by atoms with van der Waals surface area (Å²) in [5.74, 6) is -0.547. The molecule has 0 unspecified atom stereocenters. The third kappa shape index (κ3) is 2.99. The van der Waals surface area contributed by atoms with E-state index in [4.69, 9.17) is 15.1 Å². The number of hydroxylamine groups is 1. The topological polar surface area (TPSA) is 78.8 Å². The molecule has 3 N–H and O–H groups in total. The van der Waals surface area contributed by atoms with E-state index in [2.05, 4.69) is 0 Å². The van der Waals surface area contributed by atoms with Crippen LogP contribution in [0.3, 0.4) is 0 Å². The molecule has 0 bridgehead atoms. The van der Waals surface area contributed by atoms with Crippen LogP contribution >= 0.6 is 0 Å². The molecule has 0 heterocycles. The van der Waals surface area contributed by atoms with Crippen molar-refractivity contribution in [1.82, 2.24) is 5.48 Å². The van der Waals surface area contributed by atoms with Gasteiger partial charge in [-0.25, -0.2) is 4.79 Å². The summed E-state index contributed by atoms with van der Waals surface area (Å²) in [6, 6.07) is 6.75. The molecule has 5 heteroatoms. The van der Waals surface area contributed by atoms with Gasteiger partial charge in [-0.05, 0) is 23.8 Å². The zero-order valence-electron chi connectivity index (χ0n) is 8.10. The standard InChI is InChI=1S/C10H11NO4/c1-15-8-4-2-7(3-5-8)6-9(11-14)10(12)13/h2-6,11,14H,1H3,(H,12,13). The molecule has 0 saturated carbocycles. The number of carboxylic acid groups (broad SMARTS) is 1. The van der Waals surface area contributed by atoms with E-state index in [-0.39, 0.29) is 5.70 Å². The maximum absolute atomic E-state index is 10.5. The summed E-state index contributed by atoms with van der Waals surface area (Å²) in [5.41, 5.74) is 1.97. The highest BCUT2D eigenvalue weighted by Crippen LogP contribution is 2.13. The van der Waals surface area contributed by atoms with E-state index < -0.39 is 5.97 Å². The zero-order chi connectivity index (χ0) is 11.3. The third-order valence-electron chi connectivity index (χ3n) is 1.78. The first-order valence-corrected chi connectivity index (χ1v) is 4.16. The van der Waals surface area contributed by atoms with Crippen molar-refractivity contribution in [2.45, 2.75) is 0 Å². The Kier molecular flexibility index (Phi) is 3.70. The van der Waals surface area contributed by atoms with Crippen molar-refractivity contribution < 1.29 is 19.8 Å². The number of nitrogens with one attached hydrogen (secondary N) is 1. The number of hydrogen-bond donors (Lipinski definition) is 3. The second-order valence-corrected chi connectivity index (χ2v) is 2.75. The maximum atomic E-state index is 10.5. The second kappa shape index (κ2) is 5.02. The van der Waals surface area contributed by atoms with Crippen LogP contribution in [0, 0.1) is 0 Å². The SMILES string of the molecule is COc1ccc(C=C(NO)C(=O)O)cc1. The van der Waals surface area contributed by atoms with Crippen molar-refractivity contribution in [3.63, 3.8) is 0 Å². The minimum absolute atomic E-state index is 0.292. The van der Waals surface area contributed by atoms with Gasteiger partial charge in [-0.3, -0.25) is 10.7 Å². The van der Waals surface area contributed by atoms with Crippen LogP contribution in [0.15, 0.2) is 30.0 Å². The molecule has 0 spiro atoms. The van der Waals surface area contributed by atoms with Gasteiger partial charge in [0.1, 0.15) is 11.4 Å². The molecule has 0 atom stereocenters. The van der Waals surface area contributed by atoms with Gasteiger partial charge in [0, 0.05) is 0 Å². The first-order chi connectivity index (χ1) is 7.17. The Bertz CT molecular complexity index is 370. The lowest BCUT2D eigenvalue weighted by atomic mass is 10.2. The Labute approximate surface area is 86.6 Å². The van der Waals surface area contributed by atoms with Gasteiger partial charge in [0.15, 0.2) is 0 Å². The summed E-state index contributed by atoms with van der Waals surface area (Å²) in [6.45, 7) is 0. The number of aliphatic carboxylic acids is 1. The fourth-order valence-corrected chi connectivity index (χ4v) is 1.01. The van der Waals surface area contributed by atoms with Crippen molar-refractivity contribution >= 4 is 12.0 Å². The lowest BCUT2D eigenvalue weighted by molar-refractivity contribution is -0.133. The van der Waals surface area contributed by atoms with Crippen molar-refractivity contribution in [1.29, 1.82) is 0 Å². The molecule has 0 saturated heterocycles. The van der Waals surface area contributed by atoms with E-state index in [1.54, 1.807) is 36.9 Å². The molecule has 0 radical (unpaired) electrons. The first kappa shape index (κ1) is 11.1. The molecule has 15 heavy (non-hydrogen) atoms. The van der Waals surface area contributed by atoms with Gasteiger partial charge in [0.25, 0.3) is 0 Å². The zero-order valence-corrected chi connectivity index (χ0v) is 8.10. The largest absolute Gasteiger partial charge is 0.497 e. The minimum Gasteiger partial charge on any atom is -0.497 e. The van der Waals surface area contributed by atoms with Gasteiger partial charge >= 0.3 is 5.97 Å². The summed E-state index contributed by atoms with van der Waals surface area (Å²) in [6.07, 6.45) is 1.31. The Morgan fingerprint density at radius 2 is 2.00 bits per heavy atom. The summed E-state index contributed by atoms with van der Waals surface area (Å²) >= 11 is 0. The monoisotopic (exact) mass is 209 g/mol. The third-order valence-corrected chi connectivity index (χ3v) is 1.78. The molecule has 5 nitrogen and oxygen atoms in total. The quantitative estimate of drug-likeness (QED) is 0.511. The smallest absolute Gasteiger partial charge is 0.354 e. The Balaban J connectivity index is 2.92. The van der Waals surface area contributed by atoms with Crippen molar-refractivity contribution in [3.05, 3.63) is 35.5 Å². The van der Waals surface area contributed by atoms with Gasteiger partial charge in [-0.1, -0.05) is 12.1 Å². The first-order valence-electron chi connectivity index (χ1n) is 4.16. The van der Waals surface area contributed by atoms with Gasteiger partial charge in [-0.15, -0.1) is 0 Å². The molecule has 80 valence electrons. The number of carboxylic acids is 1. The summed E-state index contributed by atoms with van der Waals surface area (Å²) in [5, 5.41) is 17.2. The van der Waals surface area contributed by atoms with Crippen LogP contribution in [0.2, 0.25) is 0 Å². The van der Waals surface area contributed by atoms with E-state index in [1.165, 1.54) is 6.08 Å². The number of benzene rings is 1. The van der Waals surface area contributed by atoms with Crippen molar-refractivity contribution in [2.75, 3.05) is 7.11 Å². The molecular weight excluding hydrogens is 198 g/mol. The molecule has 0 aliphatic rings. The lowest BCUT2D eigenvalue weighted by Crippen LogP contribution is -2.15. The van der Waals surface area contributed by atoms with Crippen LogP contribution in [-0.2, 0) is 4.79 Å². The number of hydrogen-bond acceptors (Lipinski definition) is 4. The van der Waals surface area contributed by atoms with Crippen LogP contribution < -0.4 is 10.2 Å². The average molecular weight is 209 g/mol. The molecule has 0 aliphatic carbocycles. The molecule has 1 rings (SSSR count). The predicted molar refractivity (Wildman–Crippen MR) is 53.5 cm³/mol. The molecule has 0 aromatic heterocycles. The van der Waals surface area contributed by atoms with E-state index in [9.17, 15) is 4.79 Å². The highest BCUT2D eigenvalue weighted by Gasteiger charge is 2.04. The van der Waals surface area contributed by atoms with Gasteiger partial charge in [-0.2, -0.15) is 0 Å². The normalized spacial score (nSPS) is 10.9. The fraction of sp³-hybridized carbons (Fsp3) is 0.100. The van der Waals surface area contributed by atoms with Gasteiger partial charge < -0.3 is 9.84 Å². The summed E-state index contributed by atoms with van der Waals surface area (Å²) in [4.78, 5) is 10.5. The van der Waals surface area contributed by atoms with Crippen LogP contribution in [0.4, 0.5) is 0 Å². The Morgan fingerprint density at radius 3 is 2.40 bits per heavy atom. The van der Waals surface area contributed by atoms with Gasteiger partial charge in [0.05, 0.1) is 7.11 Å². The number of methoxy groups -OCH3 is 1. The van der Waals surface area contributed by atoms with E-state index in [0.29, 0.717) is 11.3 Å². The molecule has 1 aromatic rings. The predicted octanol–water partition coefficient (Wildman–Crippen LogP) is 1.10. The van der Waals surface area contributed by atoms with E-state index in [1.807, 2.05) is 0 Å². The molecule has 0 fully saturated rings. The molecule has 1 aromatic carbocycles. The van der Waals surface area contributed by atoms with Crippen molar-refractivity contribution in [3.8, 4) is 5.75 Å². The van der Waals surface area contributed by atoms with Crippen LogP contribution in [0.1, 0.15) is 5.56 Å². The van der Waals surface area contributed by atoms with E-state index >= 15 is 0 Å². The lowest BCUT2D eigenvalue weighted by Gasteiger charge is -2.01. The average Bonchev–Trinajstić information content (AvgIpc) is 2.26. The van der Waals surface area contributed by atoms with Crippen LogP contribution in [0.5, 0.6) is 5.75 Å². The van der Waals surface area contributed by atoms with Gasteiger partial charge in [0.2, 0.25) is 0 Å². The molecular formula is C10H11NO4. The maximum Gasteiger partial charge on any atom is 0.354 e. The number of rotatable bonds is 4. The highest BCUT2D eigenvalue weighted by atomic mass is 16.5. The Morgan fingerprint density at radius 1 is 1.40 bits per heavy atom. The fourth-order valence-electron chi connectivity index (χ4n) is 1.01. The van der Waals surface area contributed by atoms with Crippen molar-refractivity contribution in [2.24, 2.45) is 0 Å². The van der Waals surface area contributed by atoms with E-state index in [0.717, 1.165) is 0 Å². The number of ether oxygens (including phenoxy) is 1. The van der Waals surface area contributed by atoms with Crippen LogP contribution in [0.25, 0.3) is 6.08 Å². The minimum atomic E-state index is -1.23. The molecule has 0 aliphatic heterocycles. The summed E-state index contributed by atoms with van der Waals surface area (Å²) in [7, 11) is 1.54. The second-order valence-electron chi connectivity index (χ2n) is 2.75. The molecule has 0 amide bonds. The highest BCUT2D eigenvalue weighted by molar-refractivity contribution is 5.91. The summed E-state index contributed by atoms with van der Waals surface area (Å²) < 4.78 is 4.95.